The van der Waals surface area contributed by atoms with E-state index in [1.807, 2.05) is 6.07 Å². The number of amides is 1. The Morgan fingerprint density at radius 2 is 1.79 bits per heavy atom. The molecule has 0 aromatic heterocycles. The average molecular weight is 408 g/mol. The van der Waals surface area contributed by atoms with Gasteiger partial charge >= 0.3 is 12.1 Å². The first-order chi connectivity index (χ1) is 13.7. The summed E-state index contributed by atoms with van der Waals surface area (Å²) in [6.45, 7) is -0.660. The van der Waals surface area contributed by atoms with E-state index >= 15 is 0 Å². The summed E-state index contributed by atoms with van der Waals surface area (Å²) in [5, 5.41) is 8.74. The van der Waals surface area contributed by atoms with Gasteiger partial charge in [0, 0.05) is 12.2 Å². The van der Waals surface area contributed by atoms with E-state index in [0.29, 0.717) is 5.69 Å². The zero-order valence-corrected chi connectivity index (χ0v) is 15.1. The molecule has 2 aromatic rings. The molecular formula is C20H16F4N2O3. The predicted octanol–water partition coefficient (Wildman–Crippen LogP) is 3.88. The maximum absolute atomic E-state index is 13.1. The Bertz CT molecular complexity index is 905. The van der Waals surface area contributed by atoms with Crippen molar-refractivity contribution < 1.29 is 31.9 Å². The molecule has 0 spiro atoms. The number of hydrogen-bond acceptors (Lipinski definition) is 4. The first kappa shape index (κ1) is 21.9. The summed E-state index contributed by atoms with van der Waals surface area (Å²) in [7, 11) is 0. The summed E-state index contributed by atoms with van der Waals surface area (Å²) in [6, 6.07) is 11.1. The second-order valence-electron chi connectivity index (χ2n) is 5.97. The number of halogens is 4. The number of carbonyl (C=O) groups excluding carboxylic acids is 2. The third-order valence-corrected chi connectivity index (χ3v) is 3.85. The van der Waals surface area contributed by atoms with Crippen LogP contribution >= 0.6 is 0 Å². The Balaban J connectivity index is 1.99. The second-order valence-corrected chi connectivity index (χ2v) is 5.97. The zero-order valence-electron chi connectivity index (χ0n) is 15.1. The summed E-state index contributed by atoms with van der Waals surface area (Å²) in [5.41, 5.74) is -0.476. The van der Waals surface area contributed by atoms with Gasteiger partial charge in [-0.05, 0) is 35.9 Å². The van der Waals surface area contributed by atoms with Gasteiger partial charge in [0.1, 0.15) is 5.82 Å². The number of rotatable bonds is 7. The molecule has 0 fully saturated rings. The fourth-order valence-corrected chi connectivity index (χ4v) is 2.48. The van der Waals surface area contributed by atoms with Crippen molar-refractivity contribution >= 4 is 17.6 Å². The van der Waals surface area contributed by atoms with E-state index in [-0.39, 0.29) is 18.5 Å². The van der Waals surface area contributed by atoms with Crippen molar-refractivity contribution in [3.05, 3.63) is 65.5 Å². The van der Waals surface area contributed by atoms with E-state index < -0.39 is 42.5 Å². The molecule has 0 bridgehead atoms. The van der Waals surface area contributed by atoms with Crippen LogP contribution in [0, 0.1) is 17.1 Å². The minimum absolute atomic E-state index is 0.00129. The van der Waals surface area contributed by atoms with Crippen LogP contribution in [-0.2, 0) is 26.9 Å². The van der Waals surface area contributed by atoms with Crippen LogP contribution in [0.15, 0.2) is 48.5 Å². The van der Waals surface area contributed by atoms with Crippen LogP contribution in [-0.4, -0.2) is 25.0 Å². The van der Waals surface area contributed by atoms with Gasteiger partial charge in [0.2, 0.25) is 0 Å². The molecule has 152 valence electrons. The highest BCUT2D eigenvalue weighted by Crippen LogP contribution is 2.29. The van der Waals surface area contributed by atoms with Gasteiger partial charge in [-0.3, -0.25) is 9.59 Å². The van der Waals surface area contributed by atoms with Gasteiger partial charge in [0.15, 0.2) is 6.61 Å². The van der Waals surface area contributed by atoms with Crippen molar-refractivity contribution in [2.24, 2.45) is 0 Å². The average Bonchev–Trinajstić information content (AvgIpc) is 2.67. The standard InChI is InChI=1S/C20H16F4N2O3/c21-16-5-7-17(8-6-16)26(10-2-9-25)18(27)13-29-19(28)12-14-3-1-4-15(11-14)20(22,23)24/h1,3-8,11H,2,10,12-13H2. The number of anilines is 1. The molecule has 1 amide bonds. The summed E-state index contributed by atoms with van der Waals surface area (Å²) in [4.78, 5) is 25.5. The molecule has 5 nitrogen and oxygen atoms in total. The molecule has 2 rings (SSSR count). The molecule has 0 radical (unpaired) electrons. The van der Waals surface area contributed by atoms with Crippen LogP contribution in [0.3, 0.4) is 0 Å². The van der Waals surface area contributed by atoms with Crippen molar-refractivity contribution in [3.8, 4) is 6.07 Å². The Morgan fingerprint density at radius 1 is 1.10 bits per heavy atom. The molecule has 0 heterocycles. The largest absolute Gasteiger partial charge is 0.455 e. The second kappa shape index (κ2) is 9.68. The van der Waals surface area contributed by atoms with E-state index in [0.717, 1.165) is 24.3 Å². The lowest BCUT2D eigenvalue weighted by Crippen LogP contribution is -2.35. The zero-order chi connectivity index (χ0) is 21.4. The highest BCUT2D eigenvalue weighted by Gasteiger charge is 2.30. The Morgan fingerprint density at radius 3 is 2.41 bits per heavy atom. The number of carbonyl (C=O) groups is 2. The molecule has 0 aliphatic rings. The highest BCUT2D eigenvalue weighted by atomic mass is 19.4. The number of benzene rings is 2. The fourth-order valence-electron chi connectivity index (χ4n) is 2.48. The SMILES string of the molecule is N#CCCN(C(=O)COC(=O)Cc1cccc(C(F)(F)F)c1)c1ccc(F)cc1. The number of ether oxygens (including phenoxy) is 1. The monoisotopic (exact) mass is 408 g/mol. The van der Waals surface area contributed by atoms with Crippen LogP contribution in [0.2, 0.25) is 0 Å². The van der Waals surface area contributed by atoms with Crippen molar-refractivity contribution in [3.63, 3.8) is 0 Å². The number of nitriles is 1. The van der Waals surface area contributed by atoms with Crippen LogP contribution in [0.5, 0.6) is 0 Å². The maximum Gasteiger partial charge on any atom is 0.416 e. The number of hydrogen-bond donors (Lipinski definition) is 0. The predicted molar refractivity (Wildman–Crippen MR) is 95.1 cm³/mol. The molecule has 0 unspecified atom stereocenters. The lowest BCUT2D eigenvalue weighted by atomic mass is 10.1. The van der Waals surface area contributed by atoms with Crippen molar-refractivity contribution in [1.29, 1.82) is 5.26 Å². The molecule has 2 aromatic carbocycles. The van der Waals surface area contributed by atoms with E-state index in [2.05, 4.69) is 0 Å². The van der Waals surface area contributed by atoms with Crippen LogP contribution < -0.4 is 4.90 Å². The van der Waals surface area contributed by atoms with Gasteiger partial charge < -0.3 is 9.64 Å². The number of nitrogens with zero attached hydrogens (tertiary/aromatic N) is 2. The van der Waals surface area contributed by atoms with Gasteiger partial charge in [-0.1, -0.05) is 18.2 Å². The number of esters is 1. The van der Waals surface area contributed by atoms with Gasteiger partial charge in [0.25, 0.3) is 5.91 Å². The Kier molecular flexibility index (Phi) is 7.31. The molecule has 0 N–H and O–H groups in total. The summed E-state index contributed by atoms with van der Waals surface area (Å²) in [6.07, 6.45) is -4.97. The van der Waals surface area contributed by atoms with E-state index in [1.54, 1.807) is 0 Å². The van der Waals surface area contributed by atoms with Crippen molar-refractivity contribution in [2.45, 2.75) is 19.0 Å². The fraction of sp³-hybridized carbons (Fsp3) is 0.250. The summed E-state index contributed by atoms with van der Waals surface area (Å²) >= 11 is 0. The Labute approximate surface area is 164 Å². The molecule has 0 atom stereocenters. The molecule has 0 saturated carbocycles. The van der Waals surface area contributed by atoms with Crippen LogP contribution in [0.4, 0.5) is 23.2 Å². The molecular weight excluding hydrogens is 392 g/mol. The van der Waals surface area contributed by atoms with E-state index in [4.69, 9.17) is 10.00 Å². The lowest BCUT2D eigenvalue weighted by molar-refractivity contribution is -0.147. The normalized spacial score (nSPS) is 10.9. The Hall–Kier alpha value is -3.41. The maximum atomic E-state index is 13.1. The summed E-state index contributed by atoms with van der Waals surface area (Å²) < 4.78 is 56.1. The molecule has 0 aliphatic carbocycles. The molecule has 0 saturated heterocycles. The van der Waals surface area contributed by atoms with Gasteiger partial charge in [-0.2, -0.15) is 18.4 Å². The lowest BCUT2D eigenvalue weighted by Gasteiger charge is -2.21. The minimum atomic E-state index is -4.54. The smallest absolute Gasteiger partial charge is 0.416 e. The van der Waals surface area contributed by atoms with E-state index in [1.165, 1.54) is 29.2 Å². The molecule has 0 aliphatic heterocycles. The quantitative estimate of drug-likeness (QED) is 0.515. The topological polar surface area (TPSA) is 70.4 Å². The third kappa shape index (κ3) is 6.60. The van der Waals surface area contributed by atoms with Crippen LogP contribution in [0.1, 0.15) is 17.5 Å². The van der Waals surface area contributed by atoms with Gasteiger partial charge in [-0.25, -0.2) is 4.39 Å². The molecule has 9 heteroatoms. The first-order valence-electron chi connectivity index (χ1n) is 8.45. The van der Waals surface area contributed by atoms with E-state index in [9.17, 15) is 27.2 Å². The minimum Gasteiger partial charge on any atom is -0.455 e. The van der Waals surface area contributed by atoms with Crippen LogP contribution in [0.25, 0.3) is 0 Å². The first-order valence-corrected chi connectivity index (χ1v) is 8.45. The number of alkyl halides is 3. The van der Waals surface area contributed by atoms with Crippen molar-refractivity contribution in [2.75, 3.05) is 18.1 Å². The highest BCUT2D eigenvalue weighted by molar-refractivity contribution is 5.95. The molecule has 29 heavy (non-hydrogen) atoms. The van der Waals surface area contributed by atoms with Crippen molar-refractivity contribution in [1.82, 2.24) is 0 Å². The third-order valence-electron chi connectivity index (χ3n) is 3.85. The van der Waals surface area contributed by atoms with Gasteiger partial charge in [0.05, 0.1) is 24.5 Å². The van der Waals surface area contributed by atoms with Gasteiger partial charge in [-0.15, -0.1) is 0 Å². The summed E-state index contributed by atoms with van der Waals surface area (Å²) in [5.74, 6) is -2.03.